The molecule has 2 fully saturated rings. The van der Waals surface area contributed by atoms with E-state index in [1.54, 1.807) is 4.57 Å². The molecule has 1 saturated heterocycles. The number of nitrogens with two attached hydrogens (primary N) is 1. The van der Waals surface area contributed by atoms with Crippen LogP contribution >= 0.6 is 0 Å². The highest BCUT2D eigenvalue weighted by Crippen LogP contribution is 2.36. The van der Waals surface area contributed by atoms with E-state index in [4.69, 9.17) is 5.73 Å². The van der Waals surface area contributed by atoms with Crippen LogP contribution in [0.15, 0.2) is 12.1 Å². The van der Waals surface area contributed by atoms with Gasteiger partial charge in [0.05, 0.1) is 11.6 Å². The topological polar surface area (TPSA) is 47.1 Å². The van der Waals surface area contributed by atoms with E-state index in [0.29, 0.717) is 11.6 Å². The number of fused-ring (bicyclic) bond motifs is 1. The number of anilines is 1. The van der Waals surface area contributed by atoms with Crippen LogP contribution in [-0.4, -0.2) is 33.6 Å². The van der Waals surface area contributed by atoms with Gasteiger partial charge in [0.25, 0.3) is 0 Å². The van der Waals surface area contributed by atoms with Crippen molar-refractivity contribution in [2.75, 3.05) is 18.8 Å². The maximum absolute atomic E-state index is 13.8. The van der Waals surface area contributed by atoms with E-state index < -0.39 is 11.6 Å². The van der Waals surface area contributed by atoms with E-state index in [-0.39, 0.29) is 17.5 Å². The predicted molar refractivity (Wildman–Crippen MR) is 72.3 cm³/mol. The normalized spacial score (nSPS) is 23.8. The molecule has 2 aromatic rings. The minimum absolute atomic E-state index is 0.154. The summed E-state index contributed by atoms with van der Waals surface area (Å²) >= 11 is 0. The number of nitrogens with zero attached hydrogens (tertiary/aromatic N) is 3. The van der Waals surface area contributed by atoms with Crippen LogP contribution in [0.3, 0.4) is 0 Å². The Kier molecular flexibility index (Phi) is 2.51. The zero-order valence-corrected chi connectivity index (χ0v) is 11.0. The van der Waals surface area contributed by atoms with Crippen molar-refractivity contribution in [3.63, 3.8) is 0 Å². The van der Waals surface area contributed by atoms with E-state index in [2.05, 4.69) is 9.88 Å². The monoisotopic (exact) mass is 278 g/mol. The Hall–Kier alpha value is -1.69. The first-order chi connectivity index (χ1) is 9.63. The van der Waals surface area contributed by atoms with Crippen LogP contribution in [0.5, 0.6) is 0 Å². The Labute approximate surface area is 115 Å². The van der Waals surface area contributed by atoms with Gasteiger partial charge < -0.3 is 10.3 Å². The van der Waals surface area contributed by atoms with Crippen molar-refractivity contribution in [2.24, 2.45) is 0 Å². The third kappa shape index (κ3) is 1.78. The highest BCUT2D eigenvalue weighted by atomic mass is 19.1. The molecule has 0 bridgehead atoms. The number of halogens is 2. The molecule has 2 N–H and O–H groups in total. The molecule has 0 amide bonds. The van der Waals surface area contributed by atoms with Gasteiger partial charge in [-0.05, 0) is 19.3 Å². The van der Waals surface area contributed by atoms with Crippen molar-refractivity contribution in [3.8, 4) is 0 Å². The summed E-state index contributed by atoms with van der Waals surface area (Å²) in [5.41, 5.74) is 6.56. The predicted octanol–water partition coefficient (Wildman–Crippen LogP) is 2.31. The number of hydrogen-bond acceptors (Lipinski definition) is 3. The first-order valence-electron chi connectivity index (χ1n) is 7.00. The second kappa shape index (κ2) is 4.15. The molecular formula is C14H16F2N4. The van der Waals surface area contributed by atoms with E-state index in [0.717, 1.165) is 25.6 Å². The summed E-state index contributed by atoms with van der Waals surface area (Å²) in [5.74, 6) is -0.970. The summed E-state index contributed by atoms with van der Waals surface area (Å²) in [6, 6.07) is 3.03. The fraction of sp³-hybridized carbons (Fsp3) is 0.500. The van der Waals surface area contributed by atoms with Crippen molar-refractivity contribution >= 4 is 17.0 Å². The summed E-state index contributed by atoms with van der Waals surface area (Å²) in [7, 11) is 0. The maximum atomic E-state index is 13.8. The van der Waals surface area contributed by atoms with Crippen LogP contribution in [0.2, 0.25) is 0 Å². The lowest BCUT2D eigenvalue weighted by Crippen LogP contribution is -2.24. The molecule has 1 aromatic carbocycles. The highest BCUT2D eigenvalue weighted by Gasteiger charge is 2.36. The minimum atomic E-state index is -0.650. The van der Waals surface area contributed by atoms with Crippen molar-refractivity contribution in [2.45, 2.75) is 31.3 Å². The molecule has 20 heavy (non-hydrogen) atoms. The number of hydrogen-bond donors (Lipinski definition) is 1. The lowest BCUT2D eigenvalue weighted by atomic mass is 10.2. The average Bonchev–Trinajstić information content (AvgIpc) is 3.04. The zero-order valence-electron chi connectivity index (χ0n) is 11.0. The average molecular weight is 278 g/mol. The number of likely N-dealkylation sites (tertiary alicyclic amines) is 1. The zero-order chi connectivity index (χ0) is 13.9. The van der Waals surface area contributed by atoms with Crippen molar-refractivity contribution < 1.29 is 8.78 Å². The fourth-order valence-corrected chi connectivity index (χ4v) is 3.27. The number of benzene rings is 1. The van der Waals surface area contributed by atoms with Gasteiger partial charge >= 0.3 is 0 Å². The summed E-state index contributed by atoms with van der Waals surface area (Å²) in [6.07, 6.45) is 3.47. The largest absolute Gasteiger partial charge is 0.369 e. The standard InChI is InChI=1S/C14H16F2N4/c15-8-5-11(16)13-12(6-8)20(14(17)18-13)10-3-4-19(7-10)9-1-2-9/h5-6,9-10H,1-4,7H2,(H2,17,18). The Morgan fingerprint density at radius 2 is 1.95 bits per heavy atom. The first kappa shape index (κ1) is 12.1. The van der Waals surface area contributed by atoms with Crippen molar-refractivity contribution in [3.05, 3.63) is 23.8 Å². The van der Waals surface area contributed by atoms with E-state index in [9.17, 15) is 8.78 Å². The second-order valence-corrected chi connectivity index (χ2v) is 5.76. The molecule has 106 valence electrons. The molecule has 1 aliphatic heterocycles. The van der Waals surface area contributed by atoms with Crippen LogP contribution in [0, 0.1) is 11.6 Å². The Morgan fingerprint density at radius 1 is 1.15 bits per heavy atom. The highest BCUT2D eigenvalue weighted by molar-refractivity contribution is 5.79. The molecule has 0 spiro atoms. The quantitative estimate of drug-likeness (QED) is 0.917. The molecule has 1 aromatic heterocycles. The van der Waals surface area contributed by atoms with Crippen LogP contribution in [0.25, 0.3) is 11.0 Å². The lowest BCUT2D eigenvalue weighted by Gasteiger charge is -2.17. The number of nitrogen functional groups attached to an aromatic ring is 1. The molecule has 1 unspecified atom stereocenters. The van der Waals surface area contributed by atoms with Crippen LogP contribution in [-0.2, 0) is 0 Å². The number of aromatic nitrogens is 2. The van der Waals surface area contributed by atoms with Gasteiger partial charge in [-0.25, -0.2) is 13.8 Å². The van der Waals surface area contributed by atoms with Crippen LogP contribution < -0.4 is 5.73 Å². The number of rotatable bonds is 2. The van der Waals surface area contributed by atoms with E-state index in [1.807, 2.05) is 0 Å². The molecule has 2 heterocycles. The third-order valence-electron chi connectivity index (χ3n) is 4.36. The summed E-state index contributed by atoms with van der Waals surface area (Å²) in [4.78, 5) is 6.50. The molecule has 4 nitrogen and oxygen atoms in total. The van der Waals surface area contributed by atoms with Gasteiger partial charge in [0.15, 0.2) is 5.82 Å². The van der Waals surface area contributed by atoms with Gasteiger partial charge in [0.1, 0.15) is 11.3 Å². The van der Waals surface area contributed by atoms with Crippen LogP contribution in [0.4, 0.5) is 14.7 Å². The van der Waals surface area contributed by atoms with Gasteiger partial charge in [-0.1, -0.05) is 0 Å². The van der Waals surface area contributed by atoms with Crippen molar-refractivity contribution in [1.82, 2.24) is 14.5 Å². The van der Waals surface area contributed by atoms with Gasteiger partial charge in [0, 0.05) is 31.3 Å². The summed E-state index contributed by atoms with van der Waals surface area (Å²) in [6.45, 7) is 1.91. The molecule has 4 rings (SSSR count). The number of imidazole rings is 1. The van der Waals surface area contributed by atoms with Gasteiger partial charge in [0.2, 0.25) is 5.95 Å². The van der Waals surface area contributed by atoms with Crippen LogP contribution in [0.1, 0.15) is 25.3 Å². The SMILES string of the molecule is Nc1nc2c(F)cc(F)cc2n1C1CCN(C2CC2)C1. The Bertz CT molecular complexity index is 677. The molecule has 1 atom stereocenters. The molecule has 0 radical (unpaired) electrons. The molecule has 2 aliphatic rings. The maximum Gasteiger partial charge on any atom is 0.201 e. The van der Waals surface area contributed by atoms with E-state index in [1.165, 1.54) is 18.9 Å². The molecular weight excluding hydrogens is 262 g/mol. The minimum Gasteiger partial charge on any atom is -0.369 e. The van der Waals surface area contributed by atoms with E-state index >= 15 is 0 Å². The Morgan fingerprint density at radius 3 is 2.70 bits per heavy atom. The smallest absolute Gasteiger partial charge is 0.201 e. The van der Waals surface area contributed by atoms with Gasteiger partial charge in [-0.3, -0.25) is 4.90 Å². The van der Waals surface area contributed by atoms with Gasteiger partial charge in [-0.15, -0.1) is 0 Å². The van der Waals surface area contributed by atoms with Crippen molar-refractivity contribution in [1.29, 1.82) is 0 Å². The molecule has 1 aliphatic carbocycles. The van der Waals surface area contributed by atoms with Gasteiger partial charge in [-0.2, -0.15) is 0 Å². The second-order valence-electron chi connectivity index (χ2n) is 5.76. The lowest BCUT2D eigenvalue weighted by molar-refractivity contribution is 0.315. The molecule has 6 heteroatoms. The third-order valence-corrected chi connectivity index (χ3v) is 4.36. The summed E-state index contributed by atoms with van der Waals surface area (Å²) < 4.78 is 29.0. The first-order valence-corrected chi connectivity index (χ1v) is 7.00. The molecule has 1 saturated carbocycles. The Balaban J connectivity index is 1.77. The fourth-order valence-electron chi connectivity index (χ4n) is 3.27. The summed E-state index contributed by atoms with van der Waals surface area (Å²) in [5, 5.41) is 0.